The topological polar surface area (TPSA) is 73.6 Å². The largest absolute Gasteiger partial charge is 0.573 e. The van der Waals surface area contributed by atoms with Gasteiger partial charge in [-0.1, -0.05) is 35.9 Å². The monoisotopic (exact) mass is 430 g/mol. The molecule has 9 heteroatoms. The van der Waals surface area contributed by atoms with Crippen LogP contribution in [0.1, 0.15) is 44.0 Å². The van der Waals surface area contributed by atoms with Crippen LogP contribution in [0.15, 0.2) is 48.5 Å². The van der Waals surface area contributed by atoms with Crippen LogP contribution in [0.4, 0.5) is 18.0 Å². The van der Waals surface area contributed by atoms with Gasteiger partial charge < -0.3 is 20.5 Å². The summed E-state index contributed by atoms with van der Waals surface area (Å²) in [5, 5.41) is 3.14. The number of amides is 1. The second kappa shape index (κ2) is 8.92. The van der Waals surface area contributed by atoms with Gasteiger partial charge in [-0.05, 0) is 56.2 Å². The average molecular weight is 431 g/mol. The van der Waals surface area contributed by atoms with Crippen molar-refractivity contribution in [2.45, 2.75) is 44.8 Å². The summed E-state index contributed by atoms with van der Waals surface area (Å²) in [6.07, 6.45) is -5.60. The number of nitrogens with one attached hydrogen (secondary N) is 1. The molecule has 0 saturated heterocycles. The van der Waals surface area contributed by atoms with Gasteiger partial charge in [0.15, 0.2) is 0 Å². The number of hydrogen-bond donors (Lipinski definition) is 2. The van der Waals surface area contributed by atoms with E-state index in [-0.39, 0.29) is 0 Å². The number of alkyl carbamates (subject to hydrolysis) is 1. The van der Waals surface area contributed by atoms with Crippen molar-refractivity contribution in [3.8, 4) is 5.75 Å². The molecule has 3 N–H and O–H groups in total. The molecule has 2 atom stereocenters. The summed E-state index contributed by atoms with van der Waals surface area (Å²) in [4.78, 5) is 12.3. The maximum Gasteiger partial charge on any atom is 0.573 e. The van der Waals surface area contributed by atoms with Gasteiger partial charge in [-0.2, -0.15) is 0 Å². The van der Waals surface area contributed by atoms with Crippen molar-refractivity contribution in [2.75, 3.05) is 0 Å². The molecule has 5 nitrogen and oxygen atoms in total. The summed E-state index contributed by atoms with van der Waals surface area (Å²) in [7, 11) is 0. The van der Waals surface area contributed by atoms with Gasteiger partial charge in [0, 0.05) is 5.02 Å². The van der Waals surface area contributed by atoms with E-state index in [0.717, 1.165) is 6.07 Å². The quantitative estimate of drug-likeness (QED) is 0.656. The molecular formula is C20H22ClF3N2O3. The molecule has 0 heterocycles. The summed E-state index contributed by atoms with van der Waals surface area (Å²) in [6.45, 7) is 5.08. The van der Waals surface area contributed by atoms with Crippen LogP contribution in [-0.4, -0.2) is 18.1 Å². The molecule has 158 valence electrons. The minimum absolute atomic E-state index is 0.319. The maximum absolute atomic E-state index is 12.6. The van der Waals surface area contributed by atoms with Crippen LogP contribution in [0.5, 0.6) is 5.75 Å². The number of carbonyl (C=O) groups is 1. The van der Waals surface area contributed by atoms with E-state index in [1.54, 1.807) is 51.1 Å². The number of halogens is 4. The van der Waals surface area contributed by atoms with Gasteiger partial charge in [-0.15, -0.1) is 13.2 Å². The first-order valence-electron chi connectivity index (χ1n) is 8.70. The van der Waals surface area contributed by atoms with Crippen LogP contribution in [0.3, 0.4) is 0 Å². The summed E-state index contributed by atoms with van der Waals surface area (Å²) in [5.41, 5.74) is 6.51. The normalized spacial score (nSPS) is 14.1. The van der Waals surface area contributed by atoms with E-state index < -0.39 is 35.9 Å². The lowest BCUT2D eigenvalue weighted by molar-refractivity contribution is -0.274. The van der Waals surface area contributed by atoms with Crippen LogP contribution in [0.25, 0.3) is 0 Å². The Morgan fingerprint density at radius 2 is 1.69 bits per heavy atom. The molecule has 0 radical (unpaired) electrons. The van der Waals surface area contributed by atoms with Crippen LogP contribution in [0.2, 0.25) is 5.02 Å². The second-order valence-corrected chi connectivity index (χ2v) is 7.76. The molecule has 1 amide bonds. The van der Waals surface area contributed by atoms with E-state index in [2.05, 4.69) is 10.1 Å². The number of hydrogen-bond acceptors (Lipinski definition) is 4. The van der Waals surface area contributed by atoms with Gasteiger partial charge in [0.25, 0.3) is 0 Å². The smallest absolute Gasteiger partial charge is 0.444 e. The molecule has 0 saturated carbocycles. The SMILES string of the molecule is CC(C)(C)OC(=O)NC(c1cccc(OC(F)(F)F)c1)C(N)c1ccc(Cl)cc1. The van der Waals surface area contributed by atoms with Crippen molar-refractivity contribution >= 4 is 17.7 Å². The highest BCUT2D eigenvalue weighted by Gasteiger charge is 2.32. The molecular weight excluding hydrogens is 409 g/mol. The lowest BCUT2D eigenvalue weighted by Gasteiger charge is -2.28. The Bertz CT molecular complexity index is 836. The number of nitrogens with two attached hydrogens (primary N) is 1. The Labute approximate surface area is 171 Å². The fourth-order valence-corrected chi connectivity index (χ4v) is 2.72. The van der Waals surface area contributed by atoms with Gasteiger partial charge in [-0.3, -0.25) is 0 Å². The molecule has 2 rings (SSSR count). The van der Waals surface area contributed by atoms with Crippen molar-refractivity contribution in [2.24, 2.45) is 5.73 Å². The van der Waals surface area contributed by atoms with Crippen molar-refractivity contribution in [3.05, 3.63) is 64.7 Å². The standard InChI is InChI=1S/C20H22ClF3N2O3/c1-19(2,3)29-18(27)26-17(16(25)12-7-9-14(21)10-8-12)13-5-4-6-15(11-13)28-20(22,23)24/h4-11,16-17H,25H2,1-3H3,(H,26,27). The van der Waals surface area contributed by atoms with Crippen LogP contribution in [0, 0.1) is 0 Å². The van der Waals surface area contributed by atoms with Crippen molar-refractivity contribution < 1.29 is 27.4 Å². The molecule has 0 aliphatic carbocycles. The highest BCUT2D eigenvalue weighted by Crippen LogP contribution is 2.31. The van der Waals surface area contributed by atoms with Gasteiger partial charge >= 0.3 is 12.5 Å². The number of carbonyl (C=O) groups excluding carboxylic acids is 1. The summed E-state index contributed by atoms with van der Waals surface area (Å²) < 4.78 is 47.0. The van der Waals surface area contributed by atoms with Gasteiger partial charge in [0.2, 0.25) is 0 Å². The third-order valence-corrected chi connectivity index (χ3v) is 3.99. The second-order valence-electron chi connectivity index (χ2n) is 7.32. The Kier molecular flexibility index (Phi) is 7.02. The van der Waals surface area contributed by atoms with Crippen LogP contribution in [-0.2, 0) is 4.74 Å². The molecule has 0 bridgehead atoms. The first-order valence-corrected chi connectivity index (χ1v) is 9.08. The van der Waals surface area contributed by atoms with Gasteiger partial charge in [-0.25, -0.2) is 4.79 Å². The van der Waals surface area contributed by atoms with Crippen molar-refractivity contribution in [3.63, 3.8) is 0 Å². The van der Waals surface area contributed by atoms with Gasteiger partial charge in [0.05, 0.1) is 12.1 Å². The molecule has 2 aromatic rings. The molecule has 2 unspecified atom stereocenters. The predicted molar refractivity (Wildman–Crippen MR) is 104 cm³/mol. The van der Waals surface area contributed by atoms with Crippen LogP contribution < -0.4 is 15.8 Å². The Balaban J connectivity index is 2.37. The number of alkyl halides is 3. The van der Waals surface area contributed by atoms with E-state index in [4.69, 9.17) is 22.1 Å². The van der Waals surface area contributed by atoms with E-state index in [0.29, 0.717) is 16.1 Å². The molecule has 0 aromatic heterocycles. The minimum Gasteiger partial charge on any atom is -0.444 e. The van der Waals surface area contributed by atoms with Gasteiger partial charge in [0.1, 0.15) is 11.4 Å². The Morgan fingerprint density at radius 1 is 1.07 bits per heavy atom. The first kappa shape index (κ1) is 22.8. The summed E-state index contributed by atoms with van der Waals surface area (Å²) in [6, 6.07) is 10.2. The molecule has 0 aliphatic rings. The lowest BCUT2D eigenvalue weighted by atomic mass is 9.94. The van der Waals surface area contributed by atoms with Crippen LogP contribution >= 0.6 is 11.6 Å². The zero-order valence-electron chi connectivity index (χ0n) is 16.1. The average Bonchev–Trinajstić information content (AvgIpc) is 2.57. The Morgan fingerprint density at radius 3 is 2.24 bits per heavy atom. The lowest BCUT2D eigenvalue weighted by Crippen LogP contribution is -2.39. The highest BCUT2D eigenvalue weighted by atomic mass is 35.5. The zero-order valence-corrected chi connectivity index (χ0v) is 16.8. The molecule has 0 aliphatic heterocycles. The van der Waals surface area contributed by atoms with E-state index in [1.807, 2.05) is 0 Å². The summed E-state index contributed by atoms with van der Waals surface area (Å²) in [5.74, 6) is -0.422. The predicted octanol–water partition coefficient (Wildman–Crippen LogP) is 5.50. The van der Waals surface area contributed by atoms with E-state index in [9.17, 15) is 18.0 Å². The van der Waals surface area contributed by atoms with Crippen molar-refractivity contribution in [1.82, 2.24) is 5.32 Å². The number of ether oxygens (including phenoxy) is 2. The third-order valence-electron chi connectivity index (χ3n) is 3.74. The van der Waals surface area contributed by atoms with E-state index in [1.165, 1.54) is 12.1 Å². The third kappa shape index (κ3) is 7.47. The number of rotatable bonds is 5. The molecule has 0 fully saturated rings. The fourth-order valence-electron chi connectivity index (χ4n) is 2.60. The first-order chi connectivity index (χ1) is 13.3. The Hall–Kier alpha value is -2.45. The maximum atomic E-state index is 12.6. The molecule has 29 heavy (non-hydrogen) atoms. The highest BCUT2D eigenvalue weighted by molar-refractivity contribution is 6.30. The zero-order chi connectivity index (χ0) is 21.8. The van der Waals surface area contributed by atoms with E-state index >= 15 is 0 Å². The minimum atomic E-state index is -4.84. The number of benzene rings is 2. The summed E-state index contributed by atoms with van der Waals surface area (Å²) >= 11 is 5.90. The molecule has 2 aromatic carbocycles. The van der Waals surface area contributed by atoms with Crippen molar-refractivity contribution in [1.29, 1.82) is 0 Å². The fraction of sp³-hybridized carbons (Fsp3) is 0.350. The molecule has 0 spiro atoms.